The van der Waals surface area contributed by atoms with Crippen LogP contribution in [0.15, 0.2) is 101 Å². The summed E-state index contributed by atoms with van der Waals surface area (Å²) in [6.07, 6.45) is 2.45. The monoisotopic (exact) mass is 716 g/mol. The third kappa shape index (κ3) is 8.33. The Labute approximate surface area is 272 Å². The van der Waals surface area contributed by atoms with Crippen molar-refractivity contribution in [3.8, 4) is 0 Å². The zero-order valence-corrected chi connectivity index (χ0v) is 28.0. The maximum Gasteiger partial charge on any atom is 0.283 e. The Bertz CT molecular complexity index is 1770. The average molecular weight is 719 g/mol. The Morgan fingerprint density at radius 1 is 0.571 bits per heavy atom. The lowest BCUT2D eigenvalue weighted by Gasteiger charge is -2.12. The van der Waals surface area contributed by atoms with Crippen LogP contribution in [-0.2, 0) is 20.0 Å². The minimum absolute atomic E-state index is 0.0875. The topological polar surface area (TPSA) is 93.0 Å². The number of hydrogen-bond acceptors (Lipinski definition) is 6. The van der Waals surface area contributed by atoms with Gasteiger partial charge < -0.3 is 0 Å². The third-order valence-electron chi connectivity index (χ3n) is 5.65. The highest BCUT2D eigenvalue weighted by Crippen LogP contribution is 2.45. The highest BCUT2D eigenvalue weighted by molar-refractivity contribution is 8.76. The molecule has 0 saturated carbocycles. The number of rotatable bonds is 9. The predicted molar refractivity (Wildman–Crippen MR) is 177 cm³/mol. The number of hydrogen-bond donors (Lipinski definition) is 0. The Hall–Kier alpha value is -2.02. The molecule has 4 aromatic rings. The highest BCUT2D eigenvalue weighted by atomic mass is 35.5. The highest BCUT2D eigenvalue weighted by Gasteiger charge is 2.23. The summed E-state index contributed by atoms with van der Waals surface area (Å²) in [5, 5.41) is 1.68. The molecule has 0 spiro atoms. The summed E-state index contributed by atoms with van der Waals surface area (Å²) in [5.74, 6) is 0. The summed E-state index contributed by atoms with van der Waals surface area (Å²) in [6, 6.07) is 18.9. The lowest BCUT2D eigenvalue weighted by atomic mass is 10.2. The van der Waals surface area contributed by atoms with Crippen LogP contribution in [0.1, 0.15) is 22.3 Å². The lowest BCUT2D eigenvalue weighted by Crippen LogP contribution is -2.02. The van der Waals surface area contributed by atoms with Crippen molar-refractivity contribution in [2.24, 2.45) is 8.80 Å². The second-order valence-electron chi connectivity index (χ2n) is 8.79. The molecule has 42 heavy (non-hydrogen) atoms. The summed E-state index contributed by atoms with van der Waals surface area (Å²) < 4.78 is 60.9. The maximum atomic E-state index is 13.3. The van der Waals surface area contributed by atoms with Gasteiger partial charge in [0.25, 0.3) is 20.0 Å². The van der Waals surface area contributed by atoms with E-state index in [9.17, 15) is 16.8 Å². The molecule has 0 unspecified atom stereocenters. The first-order valence-corrected chi connectivity index (χ1v) is 18.4. The first kappa shape index (κ1) is 32.9. The first-order valence-electron chi connectivity index (χ1n) is 11.8. The quantitative estimate of drug-likeness (QED) is 0.127. The molecule has 0 radical (unpaired) electrons. The van der Waals surface area contributed by atoms with Gasteiger partial charge in [0.15, 0.2) is 0 Å². The van der Waals surface area contributed by atoms with E-state index < -0.39 is 20.0 Å². The molecular formula is C28H20Cl4N2O4S4. The van der Waals surface area contributed by atoms with E-state index in [4.69, 9.17) is 46.4 Å². The second kappa shape index (κ2) is 13.7. The van der Waals surface area contributed by atoms with E-state index in [0.717, 1.165) is 21.6 Å². The van der Waals surface area contributed by atoms with Gasteiger partial charge in [-0.25, -0.2) is 0 Å². The van der Waals surface area contributed by atoms with Crippen LogP contribution in [0, 0.1) is 13.8 Å². The Morgan fingerprint density at radius 2 is 0.905 bits per heavy atom. The van der Waals surface area contributed by atoms with Gasteiger partial charge in [-0.2, -0.15) is 25.6 Å². The molecule has 0 aliphatic heterocycles. The van der Waals surface area contributed by atoms with E-state index in [1.165, 1.54) is 36.7 Å². The SMILES string of the molecule is Cc1cc(S(=O)(=O)/N=C/c2ccc(Cl)cc2)c(SSc2cc(Cl)c(C)cc2S(=O)(=O)/N=C/c2ccc(Cl)cc2)cc1Cl. The van der Waals surface area contributed by atoms with Crippen LogP contribution in [0.25, 0.3) is 0 Å². The standard InChI is InChI=1S/C28H20Cl4N2O4S4/c1-17-11-27(41(35,36)33-15-19-3-7-21(29)8-4-19)25(13-23(17)31)39-40-26-14-24(32)18(2)12-28(26)42(37,38)34-16-20-5-9-22(30)10-6-20/h3-16H,1-2H3/b33-15+,34-16+. The van der Waals surface area contributed by atoms with Crippen molar-refractivity contribution in [2.75, 3.05) is 0 Å². The predicted octanol–water partition coefficient (Wildman–Crippen LogP) is 9.33. The molecule has 4 aromatic carbocycles. The molecule has 0 N–H and O–H groups in total. The van der Waals surface area contributed by atoms with Crippen molar-refractivity contribution in [2.45, 2.75) is 33.4 Å². The van der Waals surface area contributed by atoms with Gasteiger partial charge >= 0.3 is 0 Å². The molecule has 0 fully saturated rings. The van der Waals surface area contributed by atoms with Crippen molar-refractivity contribution in [3.05, 3.63) is 115 Å². The molecular weight excluding hydrogens is 698 g/mol. The molecule has 0 heterocycles. The van der Waals surface area contributed by atoms with Crippen molar-refractivity contribution in [3.63, 3.8) is 0 Å². The van der Waals surface area contributed by atoms with Crippen LogP contribution >= 0.6 is 68.0 Å². The van der Waals surface area contributed by atoms with Crippen molar-refractivity contribution < 1.29 is 16.8 Å². The molecule has 0 amide bonds. The van der Waals surface area contributed by atoms with Gasteiger partial charge in [-0.3, -0.25) is 0 Å². The molecule has 0 aliphatic rings. The van der Waals surface area contributed by atoms with E-state index in [-0.39, 0.29) is 19.6 Å². The number of aryl methyl sites for hydroxylation is 2. The summed E-state index contributed by atoms with van der Waals surface area (Å²) in [7, 11) is -6.33. The van der Waals surface area contributed by atoms with Crippen LogP contribution in [0.5, 0.6) is 0 Å². The molecule has 14 heteroatoms. The zero-order valence-electron chi connectivity index (χ0n) is 21.8. The van der Waals surface area contributed by atoms with Gasteiger partial charge in [-0.05, 0) is 84.6 Å². The molecule has 0 aliphatic carbocycles. The van der Waals surface area contributed by atoms with E-state index >= 15 is 0 Å². The van der Waals surface area contributed by atoms with Crippen molar-refractivity contribution in [1.29, 1.82) is 0 Å². The number of sulfonamides is 2. The van der Waals surface area contributed by atoms with Crippen LogP contribution < -0.4 is 0 Å². The number of nitrogens with zero attached hydrogens (tertiary/aromatic N) is 2. The largest absolute Gasteiger partial charge is 0.283 e. The smallest absolute Gasteiger partial charge is 0.199 e. The van der Waals surface area contributed by atoms with Crippen LogP contribution in [0.3, 0.4) is 0 Å². The van der Waals surface area contributed by atoms with Gasteiger partial charge in [0.2, 0.25) is 0 Å². The first-order chi connectivity index (χ1) is 19.7. The summed E-state index contributed by atoms with van der Waals surface area (Å²) in [5.41, 5.74) is 2.15. The Morgan fingerprint density at radius 3 is 1.24 bits per heavy atom. The molecule has 0 bridgehead atoms. The van der Waals surface area contributed by atoms with Gasteiger partial charge in [0, 0.05) is 42.3 Å². The van der Waals surface area contributed by atoms with Crippen molar-refractivity contribution >= 4 is 100 Å². The van der Waals surface area contributed by atoms with Crippen molar-refractivity contribution in [1.82, 2.24) is 0 Å². The zero-order chi connectivity index (χ0) is 30.7. The summed E-state index contributed by atoms with van der Waals surface area (Å²) in [4.78, 5) is 0.341. The number of benzene rings is 4. The van der Waals surface area contributed by atoms with Crippen LogP contribution in [0.4, 0.5) is 0 Å². The van der Waals surface area contributed by atoms with E-state index in [2.05, 4.69) is 8.80 Å². The van der Waals surface area contributed by atoms with Gasteiger partial charge in [-0.15, -0.1) is 0 Å². The van der Waals surface area contributed by atoms with Crippen LogP contribution in [-0.4, -0.2) is 29.3 Å². The van der Waals surface area contributed by atoms with Gasteiger partial charge in [-0.1, -0.05) is 92.3 Å². The Balaban J connectivity index is 1.68. The third-order valence-corrected chi connectivity index (χ3v) is 12.2. The number of halogens is 4. The molecule has 0 aromatic heterocycles. The van der Waals surface area contributed by atoms with E-state index in [0.29, 0.717) is 42.3 Å². The molecule has 0 saturated heterocycles. The summed E-state index contributed by atoms with van der Waals surface area (Å²) >= 11 is 24.5. The molecule has 4 rings (SSSR count). The minimum Gasteiger partial charge on any atom is -0.199 e. The fourth-order valence-electron chi connectivity index (χ4n) is 3.37. The summed E-state index contributed by atoms with van der Waals surface area (Å²) in [6.45, 7) is 3.35. The molecule has 6 nitrogen and oxygen atoms in total. The average Bonchev–Trinajstić information content (AvgIpc) is 2.94. The minimum atomic E-state index is -4.17. The second-order valence-corrected chi connectivity index (χ2v) is 15.9. The van der Waals surface area contributed by atoms with E-state index in [1.807, 2.05) is 0 Å². The van der Waals surface area contributed by atoms with Gasteiger partial charge in [0.1, 0.15) is 9.79 Å². The molecule has 218 valence electrons. The normalized spacial score (nSPS) is 12.4. The maximum absolute atomic E-state index is 13.3. The molecule has 0 atom stereocenters. The van der Waals surface area contributed by atoms with Gasteiger partial charge in [0.05, 0.1) is 0 Å². The van der Waals surface area contributed by atoms with E-state index in [1.54, 1.807) is 62.4 Å². The lowest BCUT2D eigenvalue weighted by molar-refractivity contribution is 0.594. The van der Waals surface area contributed by atoms with Crippen LogP contribution in [0.2, 0.25) is 20.1 Å². The fourth-order valence-corrected chi connectivity index (χ4v) is 9.46. The Kier molecular flexibility index (Phi) is 10.8. The fraction of sp³-hybridized carbons (Fsp3) is 0.0714.